The molecule has 0 fully saturated rings. The molecule has 50 heavy (non-hydrogen) atoms. The molecule has 0 aliphatic rings. The zero-order chi connectivity index (χ0) is 32.8. The Bertz CT molecular complexity index is 3140. The van der Waals surface area contributed by atoms with Gasteiger partial charge in [-0.05, 0) is 46.2 Å². The van der Waals surface area contributed by atoms with E-state index in [1.54, 1.807) is 0 Å². The standard InChI is InChI=1S/C46H27N3S/c1-3-13-28(14-4-1)31-24-25-33-37(27-31)44-41(34-19-9-11-21-38(34)49(44)46-40(33)35-20-10-12-22-39(35)50-46)45-47-42(30-16-5-2-6-17-30)36-26-23-29-15-7-8-18-32(29)43(36)48-45/h1-27H. The molecule has 0 spiro atoms. The molecule has 0 unspecified atom stereocenters. The number of para-hydroxylation sites is 1. The third kappa shape index (κ3) is 3.91. The Labute approximate surface area is 291 Å². The van der Waals surface area contributed by atoms with E-state index in [2.05, 4.69) is 168 Å². The largest absolute Gasteiger partial charge is 0.299 e. The molecule has 0 radical (unpaired) electrons. The number of nitrogens with zero attached hydrogens (tertiary/aromatic N) is 3. The molecule has 7 aromatic carbocycles. The summed E-state index contributed by atoms with van der Waals surface area (Å²) < 4.78 is 3.77. The number of aromatic nitrogens is 3. The predicted octanol–water partition coefficient (Wildman–Crippen LogP) is 12.7. The summed E-state index contributed by atoms with van der Waals surface area (Å²) in [5.41, 5.74) is 8.71. The zero-order valence-corrected chi connectivity index (χ0v) is 27.7. The second-order valence-electron chi connectivity index (χ2n) is 12.9. The van der Waals surface area contributed by atoms with Crippen LogP contribution in [0.4, 0.5) is 0 Å². The van der Waals surface area contributed by atoms with Crippen LogP contribution in [-0.2, 0) is 0 Å². The molecule has 0 bridgehead atoms. The molecule has 0 saturated carbocycles. The van der Waals surface area contributed by atoms with Crippen molar-refractivity contribution in [2.75, 3.05) is 0 Å². The molecular weight excluding hydrogens is 627 g/mol. The molecule has 3 nitrogen and oxygen atoms in total. The Hall–Kier alpha value is -6.36. The van der Waals surface area contributed by atoms with E-state index in [0.717, 1.165) is 55.4 Å². The Morgan fingerprint density at radius 1 is 0.460 bits per heavy atom. The molecule has 0 aliphatic carbocycles. The van der Waals surface area contributed by atoms with Gasteiger partial charge in [-0.15, -0.1) is 11.3 Å². The van der Waals surface area contributed by atoms with Gasteiger partial charge >= 0.3 is 0 Å². The van der Waals surface area contributed by atoms with Crippen LogP contribution in [0, 0.1) is 0 Å². The molecular formula is C46H27N3S. The fourth-order valence-electron chi connectivity index (χ4n) is 7.94. The molecule has 4 heteroatoms. The first kappa shape index (κ1) is 27.6. The topological polar surface area (TPSA) is 30.2 Å². The fraction of sp³-hybridized carbons (Fsp3) is 0. The van der Waals surface area contributed by atoms with E-state index >= 15 is 0 Å². The lowest BCUT2D eigenvalue weighted by atomic mass is 9.97. The summed E-state index contributed by atoms with van der Waals surface area (Å²) in [5.74, 6) is 0.735. The fourth-order valence-corrected chi connectivity index (χ4v) is 9.18. The minimum atomic E-state index is 0.735. The molecule has 11 aromatic rings. The highest BCUT2D eigenvalue weighted by Gasteiger charge is 2.25. The Morgan fingerprint density at radius 3 is 1.98 bits per heavy atom. The van der Waals surface area contributed by atoms with Crippen molar-refractivity contribution in [3.05, 3.63) is 164 Å². The van der Waals surface area contributed by atoms with Crippen LogP contribution >= 0.6 is 11.3 Å². The highest BCUT2D eigenvalue weighted by molar-refractivity contribution is 7.25. The minimum absolute atomic E-state index is 0.735. The van der Waals surface area contributed by atoms with E-state index in [4.69, 9.17) is 9.97 Å². The van der Waals surface area contributed by atoms with Gasteiger partial charge in [-0.1, -0.05) is 140 Å². The Kier molecular flexibility index (Phi) is 5.83. The van der Waals surface area contributed by atoms with E-state index in [0.29, 0.717) is 0 Å². The summed E-state index contributed by atoms with van der Waals surface area (Å²) in [6.07, 6.45) is 0. The molecule has 4 aromatic heterocycles. The maximum Gasteiger partial charge on any atom is 0.163 e. The van der Waals surface area contributed by atoms with Gasteiger partial charge in [-0.2, -0.15) is 0 Å². The minimum Gasteiger partial charge on any atom is -0.299 e. The van der Waals surface area contributed by atoms with Crippen molar-refractivity contribution >= 4 is 80.5 Å². The summed E-state index contributed by atoms with van der Waals surface area (Å²) in [5, 5.41) is 9.49. The molecule has 0 saturated heterocycles. The number of rotatable bonds is 3. The lowest BCUT2D eigenvalue weighted by molar-refractivity contribution is 1.24. The van der Waals surface area contributed by atoms with Gasteiger partial charge in [-0.3, -0.25) is 4.40 Å². The monoisotopic (exact) mass is 653 g/mol. The van der Waals surface area contributed by atoms with Crippen LogP contribution in [0.5, 0.6) is 0 Å². The first-order chi connectivity index (χ1) is 24.8. The average Bonchev–Trinajstić information content (AvgIpc) is 3.75. The third-order valence-electron chi connectivity index (χ3n) is 10.2. The summed E-state index contributed by atoms with van der Waals surface area (Å²) in [7, 11) is 0. The lowest BCUT2D eigenvalue weighted by Gasteiger charge is -2.13. The second kappa shape index (κ2) is 10.6. The van der Waals surface area contributed by atoms with Crippen LogP contribution in [-0.4, -0.2) is 14.4 Å². The Morgan fingerprint density at radius 2 is 1.14 bits per heavy atom. The van der Waals surface area contributed by atoms with Gasteiger partial charge in [0, 0.05) is 42.6 Å². The van der Waals surface area contributed by atoms with Gasteiger partial charge in [0.05, 0.1) is 27.8 Å². The van der Waals surface area contributed by atoms with Crippen molar-refractivity contribution < 1.29 is 0 Å². The van der Waals surface area contributed by atoms with Gasteiger partial charge < -0.3 is 0 Å². The number of fused-ring (bicyclic) bond motifs is 13. The summed E-state index contributed by atoms with van der Waals surface area (Å²) in [4.78, 5) is 12.3. The maximum atomic E-state index is 5.52. The van der Waals surface area contributed by atoms with Crippen molar-refractivity contribution in [2.45, 2.75) is 0 Å². The van der Waals surface area contributed by atoms with E-state index in [9.17, 15) is 0 Å². The van der Waals surface area contributed by atoms with Gasteiger partial charge in [-0.25, -0.2) is 9.97 Å². The molecule has 232 valence electrons. The van der Waals surface area contributed by atoms with E-state index in [-0.39, 0.29) is 0 Å². The third-order valence-corrected chi connectivity index (χ3v) is 11.3. The molecule has 11 rings (SSSR count). The molecule has 0 amide bonds. The SMILES string of the molecule is c1ccc(-c2ccc3c(c2)c2c(-c4nc(-c5ccccc5)c5ccc6ccccc6c5n4)c4ccccc4n2c2sc4ccccc4c32)cc1. The first-order valence-corrected chi connectivity index (χ1v) is 17.7. The van der Waals surface area contributed by atoms with Crippen molar-refractivity contribution in [3.63, 3.8) is 0 Å². The normalized spacial score (nSPS) is 12.0. The van der Waals surface area contributed by atoms with E-state index < -0.39 is 0 Å². The van der Waals surface area contributed by atoms with Crippen molar-refractivity contribution in [3.8, 4) is 33.8 Å². The van der Waals surface area contributed by atoms with Crippen LogP contribution < -0.4 is 0 Å². The van der Waals surface area contributed by atoms with Crippen molar-refractivity contribution in [1.29, 1.82) is 0 Å². The quantitative estimate of drug-likeness (QED) is 0.178. The molecule has 4 heterocycles. The van der Waals surface area contributed by atoms with Gasteiger partial charge in [0.25, 0.3) is 0 Å². The lowest BCUT2D eigenvalue weighted by Crippen LogP contribution is -1.97. The van der Waals surface area contributed by atoms with Crippen LogP contribution in [0.15, 0.2) is 164 Å². The first-order valence-electron chi connectivity index (χ1n) is 16.9. The van der Waals surface area contributed by atoms with Crippen LogP contribution in [0.1, 0.15) is 0 Å². The highest BCUT2D eigenvalue weighted by Crippen LogP contribution is 2.47. The summed E-state index contributed by atoms with van der Waals surface area (Å²) in [6.45, 7) is 0. The molecule has 0 aliphatic heterocycles. The maximum absolute atomic E-state index is 5.52. The predicted molar refractivity (Wildman–Crippen MR) is 212 cm³/mol. The number of hydrogen-bond acceptors (Lipinski definition) is 3. The number of hydrogen-bond donors (Lipinski definition) is 0. The van der Waals surface area contributed by atoms with Gasteiger partial charge in [0.1, 0.15) is 4.83 Å². The van der Waals surface area contributed by atoms with Crippen LogP contribution in [0.25, 0.3) is 103 Å². The van der Waals surface area contributed by atoms with Gasteiger partial charge in [0.2, 0.25) is 0 Å². The second-order valence-corrected chi connectivity index (χ2v) is 14.0. The molecule has 0 atom stereocenters. The smallest absolute Gasteiger partial charge is 0.163 e. The Balaban J connectivity index is 1.38. The van der Waals surface area contributed by atoms with Crippen molar-refractivity contribution in [1.82, 2.24) is 14.4 Å². The number of thiophene rings is 1. The highest BCUT2D eigenvalue weighted by atomic mass is 32.1. The van der Waals surface area contributed by atoms with Crippen LogP contribution in [0.2, 0.25) is 0 Å². The molecule has 0 N–H and O–H groups in total. The van der Waals surface area contributed by atoms with Crippen LogP contribution in [0.3, 0.4) is 0 Å². The zero-order valence-electron chi connectivity index (χ0n) is 26.8. The number of pyridine rings is 1. The van der Waals surface area contributed by atoms with Gasteiger partial charge in [0.15, 0.2) is 5.82 Å². The van der Waals surface area contributed by atoms with Crippen molar-refractivity contribution in [2.24, 2.45) is 0 Å². The average molecular weight is 654 g/mol. The van der Waals surface area contributed by atoms with E-state index in [1.807, 2.05) is 11.3 Å². The van der Waals surface area contributed by atoms with E-state index in [1.165, 1.54) is 47.6 Å². The summed E-state index contributed by atoms with van der Waals surface area (Å²) >= 11 is 1.86. The number of benzene rings is 7. The summed E-state index contributed by atoms with van der Waals surface area (Å²) in [6, 6.07) is 58.7.